The van der Waals surface area contributed by atoms with Crippen molar-refractivity contribution in [3.8, 4) is 11.5 Å². The van der Waals surface area contributed by atoms with Crippen LogP contribution in [0.3, 0.4) is 0 Å². The van der Waals surface area contributed by atoms with Crippen LogP contribution in [-0.4, -0.2) is 222 Å². The number of aliphatic hydroxyl groups excluding tert-OH is 2. The number of cyclic esters (lactones) is 2. The van der Waals surface area contributed by atoms with Crippen LogP contribution in [0.5, 0.6) is 11.5 Å². The number of nitrogens with zero attached hydrogens (tertiary/aromatic N) is 1. The molecule has 0 atom stereocenters. The van der Waals surface area contributed by atoms with Gasteiger partial charge in [-0.15, -0.1) is 5.06 Å². The molecule has 2 fully saturated rings. The smallest absolute Gasteiger partial charge is 0.491 e. The van der Waals surface area contributed by atoms with Gasteiger partial charge in [0.15, 0.2) is 11.6 Å². The van der Waals surface area contributed by atoms with E-state index in [9.17, 15) is 48.6 Å². The van der Waals surface area contributed by atoms with E-state index in [4.69, 9.17) is 83.5 Å². The highest BCUT2D eigenvalue weighted by Crippen LogP contribution is 2.23. The van der Waals surface area contributed by atoms with Gasteiger partial charge >= 0.3 is 69.4 Å². The molecule has 2 heterocycles. The number of Topliss-reactive ketones (excluding diaryl/α,β-unsaturated/α-hetero) is 2. The van der Waals surface area contributed by atoms with Crippen molar-refractivity contribution >= 4 is 92.7 Å². The number of ketones is 2. The first-order valence-electron chi connectivity index (χ1n) is 29.6. The van der Waals surface area contributed by atoms with E-state index in [1.54, 1.807) is 50.6 Å². The number of carbonyl (C=O) groups is 8. The Bertz CT molecular complexity index is 2520. The molecule has 0 aromatic heterocycles. The average Bonchev–Trinajstić information content (AvgIpc) is 1.80. The number of nitrogens with one attached hydrogen (secondary N) is 1. The van der Waals surface area contributed by atoms with Crippen molar-refractivity contribution in [2.45, 2.75) is 182 Å². The van der Waals surface area contributed by atoms with Gasteiger partial charge in [0.1, 0.15) is 42.5 Å². The highest BCUT2D eigenvalue weighted by Gasteiger charge is 2.42. The number of hydrogen-bond donors (Lipinski definition) is 6. The van der Waals surface area contributed by atoms with Crippen LogP contribution in [0.1, 0.15) is 155 Å². The number of nitrogens with two attached hydrogens (primary N) is 1. The van der Waals surface area contributed by atoms with Crippen molar-refractivity contribution in [2.24, 2.45) is 5.73 Å². The molecule has 7 N–H and O–H groups in total. The largest absolute Gasteiger partial charge is 0.549 e. The first-order valence-corrected chi connectivity index (χ1v) is 35.9. The number of hydrogen-bond acceptors (Lipinski definition) is 31. The maximum absolute atomic E-state index is 11.9. The zero-order valence-electron chi connectivity index (χ0n) is 57.3. The molecule has 2 aliphatic heterocycles. The van der Waals surface area contributed by atoms with Crippen molar-refractivity contribution < 1.29 is 136 Å². The van der Waals surface area contributed by atoms with E-state index in [1.165, 1.54) is 39.8 Å². The van der Waals surface area contributed by atoms with Gasteiger partial charge in [0, 0.05) is 81.8 Å². The Morgan fingerprint density at radius 2 is 0.916 bits per heavy atom. The van der Waals surface area contributed by atoms with Gasteiger partial charge in [-0.1, -0.05) is 0 Å². The molecule has 0 aliphatic carbocycles. The first kappa shape index (κ1) is 97.7. The van der Waals surface area contributed by atoms with E-state index < -0.39 is 98.2 Å². The lowest BCUT2D eigenvalue weighted by Crippen LogP contribution is -2.48. The van der Waals surface area contributed by atoms with Gasteiger partial charge < -0.3 is 81.8 Å². The predicted octanol–water partition coefficient (Wildman–Crippen LogP) is 3.37. The summed E-state index contributed by atoms with van der Waals surface area (Å²) in [6, 6.07) is 14.2. The Kier molecular flexibility index (Phi) is 58.7. The maximum Gasteiger partial charge on any atom is 0.549 e. The molecule has 2 aromatic carbocycles. The van der Waals surface area contributed by atoms with E-state index >= 15 is 0 Å². The van der Waals surface area contributed by atoms with Gasteiger partial charge in [-0.05, 0) is 165 Å². The lowest BCUT2D eigenvalue weighted by atomic mass is 9.97. The lowest BCUT2D eigenvalue weighted by Gasteiger charge is -2.31. The summed E-state index contributed by atoms with van der Waals surface area (Å²) in [5.74, 6) is -3.25. The van der Waals surface area contributed by atoms with E-state index in [-0.39, 0.29) is 95.2 Å². The molecular weight excluding hydrogens is 1340 g/mol. The van der Waals surface area contributed by atoms with E-state index in [0.29, 0.717) is 34.2 Å². The number of rotatable bonds is 32. The van der Waals surface area contributed by atoms with Crippen LogP contribution < -0.4 is 20.5 Å². The minimum Gasteiger partial charge on any atom is -0.491 e. The summed E-state index contributed by atoms with van der Waals surface area (Å²) in [7, 11) is -2.92. The molecule has 0 bridgehead atoms. The van der Waals surface area contributed by atoms with E-state index in [1.807, 2.05) is 62.4 Å². The number of ether oxygens (including phenoxy) is 4. The third-order valence-corrected chi connectivity index (χ3v) is 17.2. The second kappa shape index (κ2) is 57.1. The Hall–Kier alpha value is -6.00. The summed E-state index contributed by atoms with van der Waals surface area (Å²) >= 11 is 0. The van der Waals surface area contributed by atoms with Gasteiger partial charge in [-0.2, -0.15) is 0 Å². The average molecular weight is 1440 g/mol. The summed E-state index contributed by atoms with van der Waals surface area (Å²) in [6.07, 6.45) is 2.30. The first-order chi connectivity index (χ1) is 44.5. The topological polar surface area (TPSA) is 463 Å². The number of aliphatic hydroxyl groups is 4. The Balaban J connectivity index is -0.000000360. The maximum atomic E-state index is 11.9. The molecule has 2 saturated heterocycles. The van der Waals surface area contributed by atoms with Gasteiger partial charge in [0.2, 0.25) is 0 Å². The number of imide groups is 1. The summed E-state index contributed by atoms with van der Waals surface area (Å²) in [6.45, 7) is 23.5. The summed E-state index contributed by atoms with van der Waals surface area (Å²) in [5.41, 5.74) is 3.44. The van der Waals surface area contributed by atoms with Crippen molar-refractivity contribution in [3.05, 3.63) is 59.7 Å². The molecule has 0 spiro atoms. The van der Waals surface area contributed by atoms with Gasteiger partial charge in [0.05, 0.1) is 32.3 Å². The third-order valence-electron chi connectivity index (χ3n) is 10.7. The Labute approximate surface area is 563 Å². The fourth-order valence-corrected chi connectivity index (χ4v) is 12.5. The molecule has 0 saturated carbocycles. The standard InChI is InChI=1S/C20H23NO9.C12H16O4.C11H27NO3Si.C10H25NO3Si.C4H4O3.CH4O.3O2Si/c1-20(2,27)19(26)13-3-5-14(6-4-13)28-11-12-29-17(24)9-10-18(25)30-21-15(22)7-8-16(21)23;1-12(2,15)11(14)9-3-5-10(6-4-9)16-8-7-13;1-10(2)14-16(13-6,15-11(3)4)9-7-8-12-5;1-9(2)13-15(12-5,8-6-7-11)14-10(3)4;5-3-1-2-4(6)7-3;1-2;3*1-3-2/h3-6,27H,7-12H2,1-2H3;3-6,13,15H,7-8H2,1-2H3;10-12H,7-9H2,1-6H3;9-10H,6-8,11H2,1-5H3;1-2H2;2H,1H3;;;. The molecule has 540 valence electrons. The fraction of sp³-hybridized carbons (Fsp3) is 0.655. The van der Waals surface area contributed by atoms with Crippen LogP contribution in [-0.2, 0) is 96.4 Å². The van der Waals surface area contributed by atoms with E-state index in [0.717, 1.165) is 38.6 Å². The van der Waals surface area contributed by atoms with Gasteiger partial charge in [-0.25, -0.2) is 4.79 Å². The van der Waals surface area contributed by atoms with Crippen LogP contribution in [0.2, 0.25) is 12.1 Å². The molecule has 95 heavy (non-hydrogen) atoms. The minimum absolute atomic E-state index is 0.00733. The van der Waals surface area contributed by atoms with Gasteiger partial charge in [0.25, 0.3) is 11.8 Å². The molecule has 2 amide bonds. The molecule has 32 nitrogen and oxygen atoms in total. The SMILES string of the molecule is CC(C)(O)C(=O)c1ccc(OCCO)cc1.CC(C)(O)C(=O)c1ccc(OCCOC(=O)CCC(=O)ON2C(=O)CCC2=O)cc1.CNCCC[Si](OC)(OC(C)C)OC(C)C.CO.CO[Si](CCCN)(OC(C)C)OC(C)C.O=C1CCC(=O)O1.O=[Si]=O.O=[Si]=O.O=[Si]=O. The van der Waals surface area contributed by atoms with Gasteiger partial charge in [-0.3, -0.25) is 60.3 Å². The molecule has 2 aromatic rings. The van der Waals surface area contributed by atoms with E-state index in [2.05, 4.69) is 14.9 Å². The second-order valence-corrected chi connectivity index (χ2v) is 27.1. The summed E-state index contributed by atoms with van der Waals surface area (Å²) in [5, 5.41) is 38.4. The van der Waals surface area contributed by atoms with Crippen LogP contribution in [0.25, 0.3) is 0 Å². The van der Waals surface area contributed by atoms with Crippen LogP contribution in [0.15, 0.2) is 48.5 Å². The Morgan fingerprint density at radius 1 is 0.579 bits per heavy atom. The monoisotopic (exact) mass is 1440 g/mol. The van der Waals surface area contributed by atoms with Crippen molar-refractivity contribution in [1.29, 1.82) is 0 Å². The molecule has 4 rings (SSSR count). The normalized spacial score (nSPS) is 12.2. The zero-order valence-corrected chi connectivity index (χ0v) is 62.3. The number of benzene rings is 2. The Morgan fingerprint density at radius 3 is 1.20 bits per heavy atom. The highest BCUT2D eigenvalue weighted by atomic mass is 28.4. The van der Waals surface area contributed by atoms with Crippen LogP contribution >= 0.6 is 0 Å². The summed E-state index contributed by atoms with van der Waals surface area (Å²) < 4.78 is 105. The number of amides is 2. The molecule has 37 heteroatoms. The van der Waals surface area contributed by atoms with Crippen LogP contribution in [0.4, 0.5) is 0 Å². The third kappa shape index (κ3) is 51.0. The van der Waals surface area contributed by atoms with Crippen molar-refractivity contribution in [3.63, 3.8) is 0 Å². The van der Waals surface area contributed by atoms with Crippen LogP contribution in [0, 0.1) is 0 Å². The molecule has 0 radical (unpaired) electrons. The lowest BCUT2D eigenvalue weighted by molar-refractivity contribution is -0.197. The fourth-order valence-electron chi connectivity index (χ4n) is 7.03. The number of esters is 3. The predicted molar refractivity (Wildman–Crippen MR) is 342 cm³/mol. The zero-order chi connectivity index (χ0) is 74.4. The highest BCUT2D eigenvalue weighted by molar-refractivity contribution is 6.61. The molecule has 0 unspecified atom stereocenters. The minimum atomic E-state index is -2.50. The molecular formula is C58H99N3O29Si5. The summed E-state index contributed by atoms with van der Waals surface area (Å²) in [4.78, 5) is 94.2. The van der Waals surface area contributed by atoms with Crippen molar-refractivity contribution in [1.82, 2.24) is 10.4 Å². The molecule has 2 aliphatic rings. The second-order valence-electron chi connectivity index (χ2n) is 21.1. The number of hydroxylamine groups is 2. The quantitative estimate of drug-likeness (QED) is 0.0153. The van der Waals surface area contributed by atoms with Crippen molar-refractivity contribution in [2.75, 3.05) is 67.9 Å². The number of carbonyl (C=O) groups excluding carboxylic acids is 8.